The quantitative estimate of drug-likeness (QED) is 0.891. The first-order chi connectivity index (χ1) is 8.68. The van der Waals surface area contributed by atoms with Crippen LogP contribution in [0, 0.1) is 5.82 Å². The molecule has 0 aliphatic carbocycles. The number of benzene rings is 1. The lowest BCUT2D eigenvalue weighted by atomic mass is 10.2. The first-order valence-corrected chi connectivity index (χ1v) is 6.30. The Morgan fingerprint density at radius 3 is 2.78 bits per heavy atom. The normalized spacial score (nSPS) is 12.1. The summed E-state index contributed by atoms with van der Waals surface area (Å²) >= 11 is 1.41. The van der Waals surface area contributed by atoms with E-state index in [9.17, 15) is 14.3 Å². The first kappa shape index (κ1) is 12.7. The molecule has 1 unspecified atom stereocenters. The molecule has 5 heteroatoms. The molecule has 1 heterocycles. The van der Waals surface area contributed by atoms with Crippen molar-refractivity contribution in [3.05, 3.63) is 58.0 Å². The van der Waals surface area contributed by atoms with E-state index in [0.717, 1.165) is 4.88 Å². The highest BCUT2D eigenvalue weighted by molar-refractivity contribution is 7.10. The highest BCUT2D eigenvalue weighted by atomic mass is 32.1. The molecule has 1 aromatic heterocycles. The number of aliphatic hydroxyl groups excluding tert-OH is 1. The monoisotopic (exact) mass is 265 g/mol. The van der Waals surface area contributed by atoms with Crippen molar-refractivity contribution in [1.82, 2.24) is 5.32 Å². The Labute approximate surface area is 108 Å². The number of carbonyl (C=O) groups excluding carboxylic acids is 1. The van der Waals surface area contributed by atoms with Crippen molar-refractivity contribution < 1.29 is 14.3 Å². The number of thiophene rings is 1. The summed E-state index contributed by atoms with van der Waals surface area (Å²) in [7, 11) is 0. The summed E-state index contributed by atoms with van der Waals surface area (Å²) in [4.78, 5) is 12.4. The summed E-state index contributed by atoms with van der Waals surface area (Å²) in [6.45, 7) is 0.0632. The van der Waals surface area contributed by atoms with E-state index in [0.29, 0.717) is 0 Å². The van der Waals surface area contributed by atoms with Gasteiger partial charge in [0.2, 0.25) is 0 Å². The summed E-state index contributed by atoms with van der Waals surface area (Å²) in [5.74, 6) is -1.09. The highest BCUT2D eigenvalue weighted by Crippen LogP contribution is 2.17. The van der Waals surface area contributed by atoms with Gasteiger partial charge in [-0.25, -0.2) is 4.39 Å². The van der Waals surface area contributed by atoms with Gasteiger partial charge in [0, 0.05) is 11.4 Å². The predicted octanol–water partition coefficient (Wildman–Crippen LogP) is 2.35. The third-order valence-corrected chi connectivity index (χ3v) is 3.42. The van der Waals surface area contributed by atoms with Crippen molar-refractivity contribution in [2.45, 2.75) is 6.10 Å². The summed E-state index contributed by atoms with van der Waals surface area (Å²) in [5, 5.41) is 14.1. The van der Waals surface area contributed by atoms with Crippen molar-refractivity contribution in [1.29, 1.82) is 0 Å². The van der Waals surface area contributed by atoms with Crippen LogP contribution in [0.3, 0.4) is 0 Å². The smallest absolute Gasteiger partial charge is 0.254 e. The minimum absolute atomic E-state index is 0.0177. The molecule has 1 aromatic carbocycles. The molecular formula is C13H12FNO2S. The fourth-order valence-electron chi connectivity index (χ4n) is 1.51. The molecule has 0 bridgehead atoms. The Morgan fingerprint density at radius 2 is 2.11 bits per heavy atom. The predicted molar refractivity (Wildman–Crippen MR) is 68.0 cm³/mol. The second-order valence-electron chi connectivity index (χ2n) is 3.72. The minimum atomic E-state index is -0.763. The molecule has 94 valence electrons. The fourth-order valence-corrected chi connectivity index (χ4v) is 2.22. The molecule has 0 aliphatic heterocycles. The Morgan fingerprint density at radius 1 is 1.33 bits per heavy atom. The topological polar surface area (TPSA) is 49.3 Å². The third kappa shape index (κ3) is 2.94. The summed E-state index contributed by atoms with van der Waals surface area (Å²) in [6, 6.07) is 9.35. The zero-order valence-corrected chi connectivity index (χ0v) is 10.3. The summed E-state index contributed by atoms with van der Waals surface area (Å²) in [6.07, 6.45) is -0.763. The van der Waals surface area contributed by atoms with Crippen LogP contribution < -0.4 is 5.32 Å². The maximum absolute atomic E-state index is 13.3. The molecule has 0 spiro atoms. The lowest BCUT2D eigenvalue weighted by molar-refractivity contribution is 0.0914. The molecule has 0 saturated heterocycles. The molecule has 2 N–H and O–H groups in total. The van der Waals surface area contributed by atoms with Crippen molar-refractivity contribution in [3.8, 4) is 0 Å². The van der Waals surface area contributed by atoms with Crippen LogP contribution in [0.2, 0.25) is 0 Å². The van der Waals surface area contributed by atoms with Crippen LogP contribution in [-0.4, -0.2) is 17.6 Å². The van der Waals surface area contributed by atoms with Gasteiger partial charge in [0.05, 0.1) is 5.56 Å². The fraction of sp³-hybridized carbons (Fsp3) is 0.154. The van der Waals surface area contributed by atoms with Crippen LogP contribution >= 0.6 is 11.3 Å². The van der Waals surface area contributed by atoms with E-state index in [2.05, 4.69) is 5.32 Å². The lowest BCUT2D eigenvalue weighted by Gasteiger charge is -2.10. The van der Waals surface area contributed by atoms with Crippen molar-refractivity contribution in [2.24, 2.45) is 0 Å². The van der Waals surface area contributed by atoms with Crippen LogP contribution in [0.25, 0.3) is 0 Å². The molecule has 0 radical (unpaired) electrons. The zero-order valence-electron chi connectivity index (χ0n) is 9.47. The molecule has 0 fully saturated rings. The van der Waals surface area contributed by atoms with Gasteiger partial charge in [0.25, 0.3) is 5.91 Å². The number of aliphatic hydroxyl groups is 1. The van der Waals surface area contributed by atoms with Crippen LogP contribution in [0.15, 0.2) is 41.8 Å². The van der Waals surface area contributed by atoms with Gasteiger partial charge >= 0.3 is 0 Å². The van der Waals surface area contributed by atoms with E-state index in [1.165, 1.54) is 29.5 Å². The van der Waals surface area contributed by atoms with Crippen molar-refractivity contribution in [2.75, 3.05) is 6.54 Å². The number of nitrogens with one attached hydrogen (secondary N) is 1. The molecule has 3 nitrogen and oxygen atoms in total. The number of rotatable bonds is 4. The standard InChI is InChI=1S/C13H12FNO2S/c14-10-5-2-1-4-9(10)13(17)15-8-11(16)12-6-3-7-18-12/h1-7,11,16H,8H2,(H,15,17). The number of hydrogen-bond donors (Lipinski definition) is 2. The number of halogens is 1. The third-order valence-electron chi connectivity index (χ3n) is 2.45. The van der Waals surface area contributed by atoms with Crippen LogP contribution in [0.1, 0.15) is 21.3 Å². The average molecular weight is 265 g/mol. The maximum atomic E-state index is 13.3. The SMILES string of the molecule is O=C(NCC(O)c1cccs1)c1ccccc1F. The number of amides is 1. The number of carbonyl (C=O) groups is 1. The van der Waals surface area contributed by atoms with Crippen molar-refractivity contribution in [3.63, 3.8) is 0 Å². The van der Waals surface area contributed by atoms with E-state index < -0.39 is 17.8 Å². The maximum Gasteiger partial charge on any atom is 0.254 e. The Hall–Kier alpha value is -1.72. The molecule has 1 amide bonds. The molecule has 0 aliphatic rings. The molecule has 2 aromatic rings. The van der Waals surface area contributed by atoms with Gasteiger partial charge in [-0.05, 0) is 23.6 Å². The molecule has 1 atom stereocenters. The van der Waals surface area contributed by atoms with E-state index in [-0.39, 0.29) is 12.1 Å². The molecule has 2 rings (SSSR count). The first-order valence-electron chi connectivity index (χ1n) is 5.42. The Bertz CT molecular complexity index is 528. The van der Waals surface area contributed by atoms with Crippen LogP contribution in [0.4, 0.5) is 4.39 Å². The van der Waals surface area contributed by atoms with Gasteiger partial charge in [0.15, 0.2) is 0 Å². The Kier molecular flexibility index (Phi) is 4.07. The summed E-state index contributed by atoms with van der Waals surface area (Å²) < 4.78 is 13.3. The second-order valence-corrected chi connectivity index (χ2v) is 4.70. The lowest BCUT2D eigenvalue weighted by Crippen LogP contribution is -2.28. The largest absolute Gasteiger partial charge is 0.386 e. The molecule has 0 saturated carbocycles. The Balaban J connectivity index is 1.95. The van der Waals surface area contributed by atoms with Crippen molar-refractivity contribution >= 4 is 17.2 Å². The van der Waals surface area contributed by atoms with Gasteiger partial charge in [-0.15, -0.1) is 11.3 Å². The van der Waals surface area contributed by atoms with Gasteiger partial charge in [0.1, 0.15) is 11.9 Å². The minimum Gasteiger partial charge on any atom is -0.386 e. The van der Waals surface area contributed by atoms with Crippen LogP contribution in [-0.2, 0) is 0 Å². The molecule has 18 heavy (non-hydrogen) atoms. The van der Waals surface area contributed by atoms with E-state index in [1.54, 1.807) is 12.1 Å². The molecular weight excluding hydrogens is 253 g/mol. The van der Waals surface area contributed by atoms with Gasteiger partial charge < -0.3 is 10.4 Å². The van der Waals surface area contributed by atoms with E-state index >= 15 is 0 Å². The van der Waals surface area contributed by atoms with E-state index in [1.807, 2.05) is 11.4 Å². The highest BCUT2D eigenvalue weighted by Gasteiger charge is 2.13. The van der Waals surface area contributed by atoms with Crippen LogP contribution in [0.5, 0.6) is 0 Å². The second kappa shape index (κ2) is 5.75. The van der Waals surface area contributed by atoms with E-state index in [4.69, 9.17) is 0 Å². The average Bonchev–Trinajstić information content (AvgIpc) is 2.90. The number of hydrogen-bond acceptors (Lipinski definition) is 3. The zero-order chi connectivity index (χ0) is 13.0. The van der Waals surface area contributed by atoms with Gasteiger partial charge in [-0.2, -0.15) is 0 Å². The summed E-state index contributed by atoms with van der Waals surface area (Å²) in [5.41, 5.74) is -0.0177. The van der Waals surface area contributed by atoms with Gasteiger partial charge in [-0.3, -0.25) is 4.79 Å². The van der Waals surface area contributed by atoms with Gasteiger partial charge in [-0.1, -0.05) is 18.2 Å².